The average molecular weight is 432 g/mol. The van der Waals surface area contributed by atoms with Crippen molar-refractivity contribution in [2.75, 3.05) is 27.9 Å². The van der Waals surface area contributed by atoms with Gasteiger partial charge in [-0.3, -0.25) is 9.59 Å². The molecule has 0 saturated heterocycles. The molecule has 0 amide bonds. The maximum absolute atomic E-state index is 12.0. The average Bonchev–Trinajstić information content (AvgIpc) is 2.76. The van der Waals surface area contributed by atoms with Gasteiger partial charge in [-0.25, -0.2) is 0 Å². The third kappa shape index (κ3) is 6.36. The number of hydrogen-bond donors (Lipinski definition) is 2. The fraction of sp³-hybridized carbons (Fsp3) is 0.391. The first kappa shape index (κ1) is 24.0. The third-order valence-electron chi connectivity index (χ3n) is 5.00. The number of esters is 1. The Kier molecular flexibility index (Phi) is 8.69. The number of aliphatic hydroxyl groups excluding tert-OH is 1. The number of benzene rings is 2. The number of ether oxygens (including phenoxy) is 4. The van der Waals surface area contributed by atoms with E-state index in [4.69, 9.17) is 18.9 Å². The molecule has 2 unspecified atom stereocenters. The van der Waals surface area contributed by atoms with E-state index in [1.165, 1.54) is 28.3 Å². The maximum Gasteiger partial charge on any atom is 0.308 e. The molecule has 31 heavy (non-hydrogen) atoms. The number of methoxy groups -OCH3 is 3. The van der Waals surface area contributed by atoms with E-state index in [-0.39, 0.29) is 18.8 Å². The molecule has 0 aliphatic rings. The highest BCUT2D eigenvalue weighted by Crippen LogP contribution is 2.32. The molecule has 0 saturated carbocycles. The van der Waals surface area contributed by atoms with Gasteiger partial charge in [0.25, 0.3) is 0 Å². The van der Waals surface area contributed by atoms with Crippen molar-refractivity contribution >= 4 is 11.9 Å². The molecule has 0 aromatic heterocycles. The van der Waals surface area contributed by atoms with Crippen molar-refractivity contribution in [3.8, 4) is 23.0 Å². The Balaban J connectivity index is 2.25. The Hall–Kier alpha value is -3.26. The van der Waals surface area contributed by atoms with Gasteiger partial charge in [0.15, 0.2) is 23.0 Å². The Labute approximate surface area is 181 Å². The summed E-state index contributed by atoms with van der Waals surface area (Å²) >= 11 is 0. The molecule has 0 aliphatic carbocycles. The first-order chi connectivity index (χ1) is 14.8. The van der Waals surface area contributed by atoms with E-state index in [1.54, 1.807) is 30.3 Å². The molecule has 0 spiro atoms. The second-order valence-electron chi connectivity index (χ2n) is 7.06. The smallest absolute Gasteiger partial charge is 0.308 e. The molecule has 2 N–H and O–H groups in total. The van der Waals surface area contributed by atoms with Crippen LogP contribution in [0.25, 0.3) is 0 Å². The van der Waals surface area contributed by atoms with E-state index in [2.05, 4.69) is 0 Å². The van der Waals surface area contributed by atoms with Gasteiger partial charge >= 0.3 is 11.9 Å². The lowest BCUT2D eigenvalue weighted by molar-refractivity contribution is -0.144. The molecular weight excluding hydrogens is 404 g/mol. The van der Waals surface area contributed by atoms with Gasteiger partial charge in [-0.05, 0) is 54.2 Å². The second kappa shape index (κ2) is 11.2. The monoisotopic (exact) mass is 432 g/mol. The summed E-state index contributed by atoms with van der Waals surface area (Å²) in [4.78, 5) is 23.2. The minimum absolute atomic E-state index is 0.171. The van der Waals surface area contributed by atoms with Gasteiger partial charge in [-0.15, -0.1) is 0 Å². The molecule has 2 aromatic carbocycles. The molecule has 0 bridgehead atoms. The number of carbonyl (C=O) groups excluding carboxylic acids is 1. The van der Waals surface area contributed by atoms with Crippen LogP contribution in [-0.4, -0.2) is 50.1 Å². The largest absolute Gasteiger partial charge is 0.493 e. The zero-order valence-corrected chi connectivity index (χ0v) is 18.1. The van der Waals surface area contributed by atoms with Crippen LogP contribution >= 0.6 is 0 Å². The molecule has 2 aromatic rings. The lowest BCUT2D eigenvalue weighted by Gasteiger charge is -2.23. The van der Waals surface area contributed by atoms with Crippen molar-refractivity contribution in [2.24, 2.45) is 11.8 Å². The number of aliphatic carboxylic acids is 1. The van der Waals surface area contributed by atoms with Gasteiger partial charge in [0.05, 0.1) is 27.2 Å². The summed E-state index contributed by atoms with van der Waals surface area (Å²) in [5.74, 6) is -1.17. The summed E-state index contributed by atoms with van der Waals surface area (Å²) < 4.78 is 20.9. The molecule has 2 rings (SSSR count). The van der Waals surface area contributed by atoms with Crippen LogP contribution in [0, 0.1) is 11.8 Å². The highest BCUT2D eigenvalue weighted by molar-refractivity contribution is 5.72. The van der Waals surface area contributed by atoms with Crippen LogP contribution < -0.4 is 18.9 Å². The predicted octanol–water partition coefficient (Wildman–Crippen LogP) is 2.73. The van der Waals surface area contributed by atoms with Gasteiger partial charge in [0, 0.05) is 13.5 Å². The van der Waals surface area contributed by atoms with E-state index < -0.39 is 23.8 Å². The SMILES string of the molecule is COc1ccc(CC(CO)C(Cc2ccc(OC(C)=O)c(OC)c2)C(=O)O)cc1OC. The Bertz CT molecular complexity index is 908. The minimum Gasteiger partial charge on any atom is -0.493 e. The summed E-state index contributed by atoms with van der Waals surface area (Å²) in [6.07, 6.45) is 0.515. The van der Waals surface area contributed by atoms with Crippen molar-refractivity contribution in [2.45, 2.75) is 19.8 Å². The van der Waals surface area contributed by atoms with Crippen LogP contribution in [0.2, 0.25) is 0 Å². The zero-order valence-electron chi connectivity index (χ0n) is 18.1. The highest BCUT2D eigenvalue weighted by Gasteiger charge is 2.29. The molecule has 8 heteroatoms. The predicted molar refractivity (Wildman–Crippen MR) is 113 cm³/mol. The number of rotatable bonds is 11. The van der Waals surface area contributed by atoms with Crippen LogP contribution in [0.5, 0.6) is 23.0 Å². The Morgan fingerprint density at radius 1 is 0.839 bits per heavy atom. The number of carboxylic acid groups (broad SMARTS) is 1. The Morgan fingerprint density at radius 2 is 1.35 bits per heavy atom. The molecule has 0 aliphatic heterocycles. The van der Waals surface area contributed by atoms with Crippen molar-refractivity contribution in [1.29, 1.82) is 0 Å². The first-order valence-corrected chi connectivity index (χ1v) is 9.72. The van der Waals surface area contributed by atoms with E-state index in [0.29, 0.717) is 29.2 Å². The first-order valence-electron chi connectivity index (χ1n) is 9.72. The number of hydrogen-bond acceptors (Lipinski definition) is 7. The number of carboxylic acids is 1. The molecule has 8 nitrogen and oxygen atoms in total. The molecule has 0 fully saturated rings. The summed E-state index contributed by atoms with van der Waals surface area (Å²) in [5, 5.41) is 19.8. The van der Waals surface area contributed by atoms with Gasteiger partial charge in [0.1, 0.15) is 0 Å². The zero-order chi connectivity index (χ0) is 23.0. The van der Waals surface area contributed by atoms with Crippen LogP contribution in [0.1, 0.15) is 18.1 Å². The van der Waals surface area contributed by atoms with E-state index >= 15 is 0 Å². The van der Waals surface area contributed by atoms with Crippen LogP contribution in [0.4, 0.5) is 0 Å². The van der Waals surface area contributed by atoms with E-state index in [1.807, 2.05) is 6.07 Å². The van der Waals surface area contributed by atoms with E-state index in [0.717, 1.165) is 5.56 Å². The molecule has 168 valence electrons. The van der Waals surface area contributed by atoms with Crippen LogP contribution in [0.3, 0.4) is 0 Å². The number of aliphatic hydroxyl groups is 1. The minimum atomic E-state index is -1.01. The lowest BCUT2D eigenvalue weighted by atomic mass is 9.83. The van der Waals surface area contributed by atoms with Crippen LogP contribution in [0.15, 0.2) is 36.4 Å². The van der Waals surface area contributed by atoms with Crippen LogP contribution in [-0.2, 0) is 22.4 Å². The normalized spacial score (nSPS) is 12.5. The Morgan fingerprint density at radius 3 is 1.84 bits per heavy atom. The standard InChI is InChI=1S/C23H28O8/c1-14(25)31-20-8-6-16(12-22(20)30-4)10-18(23(26)27)17(13-24)9-15-5-7-19(28-2)21(11-15)29-3/h5-8,11-12,17-18,24H,9-10,13H2,1-4H3,(H,26,27). The lowest BCUT2D eigenvalue weighted by Crippen LogP contribution is -2.30. The second-order valence-corrected chi connectivity index (χ2v) is 7.06. The van der Waals surface area contributed by atoms with Crippen molar-refractivity contribution in [3.05, 3.63) is 47.5 Å². The van der Waals surface area contributed by atoms with Gasteiger partial charge in [0.2, 0.25) is 0 Å². The van der Waals surface area contributed by atoms with Crippen molar-refractivity contribution in [3.63, 3.8) is 0 Å². The summed E-state index contributed by atoms with van der Waals surface area (Å²) in [6.45, 7) is 0.988. The topological polar surface area (TPSA) is 112 Å². The molecule has 0 radical (unpaired) electrons. The van der Waals surface area contributed by atoms with Gasteiger partial charge < -0.3 is 29.2 Å². The quantitative estimate of drug-likeness (QED) is 0.412. The number of carbonyl (C=O) groups is 2. The van der Waals surface area contributed by atoms with Crippen molar-refractivity contribution in [1.82, 2.24) is 0 Å². The summed E-state index contributed by atoms with van der Waals surface area (Å²) in [5.41, 5.74) is 1.51. The van der Waals surface area contributed by atoms with Crippen molar-refractivity contribution < 1.29 is 38.7 Å². The fourth-order valence-electron chi connectivity index (χ4n) is 3.43. The van der Waals surface area contributed by atoms with Gasteiger partial charge in [-0.1, -0.05) is 12.1 Å². The van der Waals surface area contributed by atoms with E-state index in [9.17, 15) is 19.8 Å². The van der Waals surface area contributed by atoms with Gasteiger partial charge in [-0.2, -0.15) is 0 Å². The maximum atomic E-state index is 12.0. The molecular formula is C23H28O8. The molecule has 0 heterocycles. The fourth-order valence-corrected chi connectivity index (χ4v) is 3.43. The summed E-state index contributed by atoms with van der Waals surface area (Å²) in [6, 6.07) is 10.2. The third-order valence-corrected chi connectivity index (χ3v) is 5.00. The highest BCUT2D eigenvalue weighted by atomic mass is 16.6. The molecule has 2 atom stereocenters. The summed E-state index contributed by atoms with van der Waals surface area (Å²) in [7, 11) is 4.50.